The van der Waals surface area contributed by atoms with E-state index in [0.717, 1.165) is 44.0 Å². The Morgan fingerprint density at radius 1 is 1.24 bits per heavy atom. The van der Waals surface area contributed by atoms with E-state index in [-0.39, 0.29) is 5.56 Å². The van der Waals surface area contributed by atoms with E-state index in [1.54, 1.807) is 4.90 Å². The number of likely N-dealkylation sites (tertiary alicyclic amines) is 1. The molecule has 1 aromatic rings. The van der Waals surface area contributed by atoms with E-state index in [2.05, 4.69) is 5.32 Å². The topological polar surface area (TPSA) is 32.3 Å². The third kappa shape index (κ3) is 3.07. The second kappa shape index (κ2) is 6.10. The number of nitrogens with zero attached hydrogens (tertiary/aromatic N) is 1. The first-order valence-electron chi connectivity index (χ1n) is 7.63. The minimum absolute atomic E-state index is 0.157. The molecule has 21 heavy (non-hydrogen) atoms. The highest BCUT2D eigenvalue weighted by Gasteiger charge is 2.31. The molecule has 2 atom stereocenters. The van der Waals surface area contributed by atoms with Gasteiger partial charge in [-0.25, -0.2) is 8.78 Å². The number of halogens is 2. The zero-order valence-corrected chi connectivity index (χ0v) is 11.9. The summed E-state index contributed by atoms with van der Waals surface area (Å²) in [6, 6.07) is 3.50. The van der Waals surface area contributed by atoms with Gasteiger partial charge in [0.25, 0.3) is 5.91 Å². The van der Waals surface area contributed by atoms with Crippen LogP contribution in [0.5, 0.6) is 0 Å². The van der Waals surface area contributed by atoms with Crippen LogP contribution in [-0.4, -0.2) is 36.5 Å². The quantitative estimate of drug-likeness (QED) is 0.909. The number of piperidine rings is 1. The second-order valence-electron chi connectivity index (χ2n) is 5.98. The standard InChI is InChI=1S/C16H20F2N2O/c17-12-5-6-14(18)13(9-12)16(21)20-8-2-3-11(10-20)15-4-1-7-19-15/h5-6,9,11,15,19H,1-4,7-8,10H2. The Balaban J connectivity index is 1.73. The number of hydrogen-bond donors (Lipinski definition) is 1. The maximum atomic E-state index is 13.7. The van der Waals surface area contributed by atoms with Crippen LogP contribution in [0.1, 0.15) is 36.0 Å². The Labute approximate surface area is 123 Å². The van der Waals surface area contributed by atoms with Crippen LogP contribution >= 0.6 is 0 Å². The minimum Gasteiger partial charge on any atom is -0.338 e. The lowest BCUT2D eigenvalue weighted by Crippen LogP contribution is -2.46. The third-order valence-electron chi connectivity index (χ3n) is 4.57. The lowest BCUT2D eigenvalue weighted by Gasteiger charge is -2.36. The third-order valence-corrected chi connectivity index (χ3v) is 4.57. The molecule has 0 spiro atoms. The average molecular weight is 294 g/mol. The van der Waals surface area contributed by atoms with Crippen molar-refractivity contribution in [3.8, 4) is 0 Å². The van der Waals surface area contributed by atoms with Crippen LogP contribution in [0.3, 0.4) is 0 Å². The predicted octanol–water partition coefficient (Wildman–Crippen LogP) is 2.57. The van der Waals surface area contributed by atoms with Gasteiger partial charge in [0.15, 0.2) is 0 Å². The summed E-state index contributed by atoms with van der Waals surface area (Å²) in [4.78, 5) is 14.1. The molecule has 0 saturated carbocycles. The maximum Gasteiger partial charge on any atom is 0.256 e. The summed E-state index contributed by atoms with van der Waals surface area (Å²) >= 11 is 0. The van der Waals surface area contributed by atoms with Crippen molar-refractivity contribution in [3.05, 3.63) is 35.4 Å². The molecular formula is C16H20F2N2O. The molecule has 0 bridgehead atoms. The number of amides is 1. The SMILES string of the molecule is O=C(c1cc(F)ccc1F)N1CCCC(C2CCCN2)C1. The van der Waals surface area contributed by atoms with Gasteiger partial charge in [0.1, 0.15) is 11.6 Å². The Hall–Kier alpha value is -1.49. The largest absolute Gasteiger partial charge is 0.338 e. The molecule has 0 aromatic heterocycles. The lowest BCUT2D eigenvalue weighted by atomic mass is 9.89. The monoisotopic (exact) mass is 294 g/mol. The fraction of sp³-hybridized carbons (Fsp3) is 0.562. The molecule has 2 unspecified atom stereocenters. The molecule has 1 N–H and O–H groups in total. The van der Waals surface area contributed by atoms with E-state index in [0.29, 0.717) is 25.0 Å². The van der Waals surface area contributed by atoms with Gasteiger partial charge < -0.3 is 10.2 Å². The van der Waals surface area contributed by atoms with Crippen molar-refractivity contribution in [1.29, 1.82) is 0 Å². The van der Waals surface area contributed by atoms with E-state index in [1.165, 1.54) is 6.42 Å². The Morgan fingerprint density at radius 3 is 2.86 bits per heavy atom. The van der Waals surface area contributed by atoms with E-state index in [4.69, 9.17) is 0 Å². The summed E-state index contributed by atoms with van der Waals surface area (Å²) in [5.41, 5.74) is -0.157. The van der Waals surface area contributed by atoms with Crippen LogP contribution < -0.4 is 5.32 Å². The highest BCUT2D eigenvalue weighted by molar-refractivity contribution is 5.94. The van der Waals surface area contributed by atoms with Gasteiger partial charge in [-0.2, -0.15) is 0 Å². The zero-order valence-electron chi connectivity index (χ0n) is 11.9. The fourth-order valence-corrected chi connectivity index (χ4v) is 3.47. The van der Waals surface area contributed by atoms with Crippen LogP contribution in [0, 0.1) is 17.6 Å². The van der Waals surface area contributed by atoms with Crippen molar-refractivity contribution in [3.63, 3.8) is 0 Å². The summed E-state index contributed by atoms with van der Waals surface area (Å²) in [6.07, 6.45) is 4.33. The van der Waals surface area contributed by atoms with Gasteiger partial charge in [-0.15, -0.1) is 0 Å². The minimum atomic E-state index is -0.650. The number of nitrogens with one attached hydrogen (secondary N) is 1. The number of carbonyl (C=O) groups excluding carboxylic acids is 1. The van der Waals surface area contributed by atoms with Crippen molar-refractivity contribution >= 4 is 5.91 Å². The van der Waals surface area contributed by atoms with Gasteiger partial charge in [-0.1, -0.05) is 0 Å². The van der Waals surface area contributed by atoms with Gasteiger partial charge >= 0.3 is 0 Å². The summed E-state index contributed by atoms with van der Waals surface area (Å²) in [5.74, 6) is -1.20. The highest BCUT2D eigenvalue weighted by atomic mass is 19.1. The molecule has 0 radical (unpaired) electrons. The fourth-order valence-electron chi connectivity index (χ4n) is 3.47. The molecule has 2 aliphatic rings. The van der Waals surface area contributed by atoms with E-state index >= 15 is 0 Å². The van der Waals surface area contributed by atoms with Crippen molar-refractivity contribution in [2.45, 2.75) is 31.7 Å². The molecule has 114 valence electrons. The van der Waals surface area contributed by atoms with Gasteiger partial charge in [-0.3, -0.25) is 4.79 Å². The van der Waals surface area contributed by atoms with Crippen LogP contribution in [0.2, 0.25) is 0 Å². The van der Waals surface area contributed by atoms with Crippen LogP contribution in [-0.2, 0) is 0 Å². The van der Waals surface area contributed by atoms with E-state index in [1.807, 2.05) is 0 Å². The van der Waals surface area contributed by atoms with Crippen molar-refractivity contribution in [2.24, 2.45) is 5.92 Å². The Morgan fingerprint density at radius 2 is 2.10 bits per heavy atom. The maximum absolute atomic E-state index is 13.7. The average Bonchev–Trinajstić information content (AvgIpc) is 3.03. The van der Waals surface area contributed by atoms with Gasteiger partial charge in [0, 0.05) is 19.1 Å². The number of benzene rings is 1. The van der Waals surface area contributed by atoms with Gasteiger partial charge in [-0.05, 0) is 56.3 Å². The molecule has 1 amide bonds. The molecule has 3 nitrogen and oxygen atoms in total. The lowest BCUT2D eigenvalue weighted by molar-refractivity contribution is 0.0646. The molecule has 1 aromatic carbocycles. The molecular weight excluding hydrogens is 274 g/mol. The molecule has 2 heterocycles. The molecule has 5 heteroatoms. The first-order chi connectivity index (χ1) is 10.1. The summed E-state index contributed by atoms with van der Waals surface area (Å²) in [7, 11) is 0. The molecule has 2 aliphatic heterocycles. The molecule has 2 fully saturated rings. The zero-order chi connectivity index (χ0) is 14.8. The highest BCUT2D eigenvalue weighted by Crippen LogP contribution is 2.26. The van der Waals surface area contributed by atoms with Crippen LogP contribution in [0.25, 0.3) is 0 Å². The normalized spacial score (nSPS) is 26.1. The van der Waals surface area contributed by atoms with Crippen LogP contribution in [0.4, 0.5) is 8.78 Å². The number of rotatable bonds is 2. The predicted molar refractivity (Wildman–Crippen MR) is 76.0 cm³/mol. The smallest absolute Gasteiger partial charge is 0.256 e. The number of hydrogen-bond acceptors (Lipinski definition) is 2. The van der Waals surface area contributed by atoms with Gasteiger partial charge in [0.05, 0.1) is 5.56 Å². The Bertz CT molecular complexity index is 529. The first-order valence-corrected chi connectivity index (χ1v) is 7.63. The van der Waals surface area contributed by atoms with E-state index in [9.17, 15) is 13.6 Å². The second-order valence-corrected chi connectivity index (χ2v) is 5.98. The van der Waals surface area contributed by atoms with Crippen molar-refractivity contribution in [1.82, 2.24) is 10.2 Å². The molecule has 0 aliphatic carbocycles. The summed E-state index contributed by atoms with van der Waals surface area (Å²) < 4.78 is 27.0. The van der Waals surface area contributed by atoms with Gasteiger partial charge in [0.2, 0.25) is 0 Å². The van der Waals surface area contributed by atoms with Crippen molar-refractivity contribution < 1.29 is 13.6 Å². The summed E-state index contributed by atoms with van der Waals surface area (Å²) in [6.45, 7) is 2.29. The number of carbonyl (C=O) groups is 1. The first kappa shape index (κ1) is 14.4. The molecule has 2 saturated heterocycles. The van der Waals surface area contributed by atoms with E-state index < -0.39 is 17.5 Å². The van der Waals surface area contributed by atoms with Crippen LogP contribution in [0.15, 0.2) is 18.2 Å². The van der Waals surface area contributed by atoms with Crippen molar-refractivity contribution in [2.75, 3.05) is 19.6 Å². The molecule has 3 rings (SSSR count). The Kier molecular flexibility index (Phi) is 4.19. The summed E-state index contributed by atoms with van der Waals surface area (Å²) in [5, 5.41) is 3.47.